The van der Waals surface area contributed by atoms with Crippen molar-refractivity contribution in [2.45, 2.75) is 65.7 Å². The topological polar surface area (TPSA) is 57.5 Å². The highest BCUT2D eigenvalue weighted by atomic mass is 16.4. The monoisotopic (exact) mass is 256 g/mol. The lowest BCUT2D eigenvalue weighted by molar-refractivity contribution is -0.153. The number of aliphatic hydroxyl groups is 1. The molecule has 0 spiro atoms. The van der Waals surface area contributed by atoms with E-state index in [1.165, 1.54) is 0 Å². The zero-order chi connectivity index (χ0) is 13.8. The molecule has 1 saturated carbocycles. The van der Waals surface area contributed by atoms with Crippen LogP contribution in [0.3, 0.4) is 0 Å². The van der Waals surface area contributed by atoms with Gasteiger partial charge in [-0.3, -0.25) is 4.79 Å². The lowest BCUT2D eigenvalue weighted by Crippen LogP contribution is -2.38. The molecule has 1 aliphatic carbocycles. The molecule has 0 saturated heterocycles. The van der Waals surface area contributed by atoms with E-state index in [1.54, 1.807) is 0 Å². The van der Waals surface area contributed by atoms with Gasteiger partial charge < -0.3 is 10.2 Å². The van der Waals surface area contributed by atoms with Crippen molar-refractivity contribution in [3.05, 3.63) is 0 Å². The van der Waals surface area contributed by atoms with E-state index in [0.717, 1.165) is 44.9 Å². The average molecular weight is 256 g/mol. The number of unbranched alkanes of at least 4 members (excludes halogenated alkanes) is 1. The summed E-state index contributed by atoms with van der Waals surface area (Å²) in [7, 11) is 0. The summed E-state index contributed by atoms with van der Waals surface area (Å²) in [4.78, 5) is 11.6. The van der Waals surface area contributed by atoms with E-state index in [1.807, 2.05) is 0 Å². The molecule has 1 fully saturated rings. The molecular formula is C15H28O3. The molecule has 0 aromatic rings. The molecule has 3 heteroatoms. The number of aliphatic hydroxyl groups excluding tert-OH is 1. The van der Waals surface area contributed by atoms with Crippen LogP contribution in [0.25, 0.3) is 0 Å². The third kappa shape index (κ3) is 3.71. The lowest BCUT2D eigenvalue weighted by Gasteiger charge is -2.42. The van der Waals surface area contributed by atoms with Crippen molar-refractivity contribution >= 4 is 5.97 Å². The summed E-state index contributed by atoms with van der Waals surface area (Å²) in [5, 5.41) is 18.3. The molecule has 18 heavy (non-hydrogen) atoms. The number of rotatable bonds is 5. The van der Waals surface area contributed by atoms with Crippen LogP contribution in [0.4, 0.5) is 0 Å². The van der Waals surface area contributed by atoms with Gasteiger partial charge in [0, 0.05) is 6.61 Å². The molecule has 0 atom stereocenters. The first kappa shape index (κ1) is 15.5. The average Bonchev–Trinajstić information content (AvgIpc) is 2.28. The predicted molar refractivity (Wildman–Crippen MR) is 72.4 cm³/mol. The van der Waals surface area contributed by atoms with Gasteiger partial charge in [-0.05, 0) is 49.9 Å². The quantitative estimate of drug-likeness (QED) is 0.741. The summed E-state index contributed by atoms with van der Waals surface area (Å²) in [6, 6.07) is 0. The van der Waals surface area contributed by atoms with Crippen molar-refractivity contribution in [1.82, 2.24) is 0 Å². The van der Waals surface area contributed by atoms with Gasteiger partial charge in [0.15, 0.2) is 0 Å². The van der Waals surface area contributed by atoms with Gasteiger partial charge in [-0.25, -0.2) is 0 Å². The van der Waals surface area contributed by atoms with Crippen LogP contribution in [0, 0.1) is 16.7 Å². The molecule has 2 N–H and O–H groups in total. The van der Waals surface area contributed by atoms with Crippen molar-refractivity contribution in [2.24, 2.45) is 16.7 Å². The fourth-order valence-electron chi connectivity index (χ4n) is 3.18. The summed E-state index contributed by atoms with van der Waals surface area (Å²) in [6.07, 6.45) is 5.91. The molecule has 1 rings (SSSR count). The first-order valence-electron chi connectivity index (χ1n) is 7.16. The third-order valence-electron chi connectivity index (χ3n) is 4.68. The SMILES string of the molecule is CC(C)(C)C1CCC(CCCCO)(C(=O)O)CC1. The zero-order valence-electron chi connectivity index (χ0n) is 12.0. The van der Waals surface area contributed by atoms with Crippen molar-refractivity contribution in [3.63, 3.8) is 0 Å². The van der Waals surface area contributed by atoms with Crippen LogP contribution in [0.1, 0.15) is 65.7 Å². The van der Waals surface area contributed by atoms with E-state index < -0.39 is 11.4 Å². The Morgan fingerprint density at radius 3 is 2.17 bits per heavy atom. The van der Waals surface area contributed by atoms with E-state index in [9.17, 15) is 9.90 Å². The van der Waals surface area contributed by atoms with Crippen LogP contribution >= 0.6 is 0 Å². The first-order valence-corrected chi connectivity index (χ1v) is 7.16. The van der Waals surface area contributed by atoms with Crippen molar-refractivity contribution < 1.29 is 15.0 Å². The van der Waals surface area contributed by atoms with E-state index in [4.69, 9.17) is 5.11 Å². The van der Waals surface area contributed by atoms with Gasteiger partial charge in [-0.1, -0.05) is 27.2 Å². The largest absolute Gasteiger partial charge is 0.481 e. The van der Waals surface area contributed by atoms with Crippen LogP contribution in [0.2, 0.25) is 0 Å². The molecule has 0 heterocycles. The van der Waals surface area contributed by atoms with Gasteiger partial charge >= 0.3 is 5.97 Å². The van der Waals surface area contributed by atoms with Crippen LogP contribution < -0.4 is 0 Å². The molecule has 106 valence electrons. The number of aliphatic carboxylic acids is 1. The normalized spacial score (nSPS) is 29.2. The molecule has 0 aromatic heterocycles. The molecule has 0 unspecified atom stereocenters. The van der Waals surface area contributed by atoms with E-state index in [2.05, 4.69) is 20.8 Å². The van der Waals surface area contributed by atoms with Gasteiger partial charge in [0.2, 0.25) is 0 Å². The highest BCUT2D eigenvalue weighted by Gasteiger charge is 2.43. The Labute approximate surface area is 111 Å². The Morgan fingerprint density at radius 2 is 1.78 bits per heavy atom. The van der Waals surface area contributed by atoms with Crippen LogP contribution in [-0.2, 0) is 4.79 Å². The summed E-state index contributed by atoms with van der Waals surface area (Å²) in [6.45, 7) is 6.91. The third-order valence-corrected chi connectivity index (χ3v) is 4.68. The maximum Gasteiger partial charge on any atom is 0.309 e. The first-order chi connectivity index (χ1) is 8.32. The summed E-state index contributed by atoms with van der Waals surface area (Å²) in [5.74, 6) is 0.00983. The molecule has 0 aliphatic heterocycles. The van der Waals surface area contributed by atoms with E-state index >= 15 is 0 Å². The fourth-order valence-corrected chi connectivity index (χ4v) is 3.18. The standard InChI is InChI=1S/C15H28O3/c1-14(2,3)12-6-9-15(10-7-12,13(17)18)8-4-5-11-16/h12,16H,4-11H2,1-3H3,(H,17,18). The van der Waals surface area contributed by atoms with Crippen LogP contribution in [-0.4, -0.2) is 22.8 Å². The molecule has 1 aliphatic rings. The van der Waals surface area contributed by atoms with Gasteiger partial charge in [0.1, 0.15) is 0 Å². The van der Waals surface area contributed by atoms with Crippen LogP contribution in [0.5, 0.6) is 0 Å². The smallest absolute Gasteiger partial charge is 0.309 e. The van der Waals surface area contributed by atoms with Gasteiger partial charge in [0.05, 0.1) is 5.41 Å². The highest BCUT2D eigenvalue weighted by molar-refractivity contribution is 5.74. The number of carboxylic acids is 1. The number of carboxylic acid groups (broad SMARTS) is 1. The minimum absolute atomic E-state index is 0.167. The molecule has 0 bridgehead atoms. The summed E-state index contributed by atoms with van der Waals surface area (Å²) >= 11 is 0. The maximum absolute atomic E-state index is 11.6. The van der Waals surface area contributed by atoms with Gasteiger partial charge in [-0.2, -0.15) is 0 Å². The zero-order valence-corrected chi connectivity index (χ0v) is 12.0. The molecule has 0 radical (unpaired) electrons. The number of hydrogen-bond donors (Lipinski definition) is 2. The van der Waals surface area contributed by atoms with Crippen LogP contribution in [0.15, 0.2) is 0 Å². The van der Waals surface area contributed by atoms with Crippen molar-refractivity contribution in [2.75, 3.05) is 6.61 Å². The maximum atomic E-state index is 11.6. The Bertz CT molecular complexity index is 270. The molecule has 0 aromatic carbocycles. The summed E-state index contributed by atoms with van der Waals surface area (Å²) in [5.41, 5.74) is -0.229. The van der Waals surface area contributed by atoms with Gasteiger partial charge in [0.25, 0.3) is 0 Å². The number of carbonyl (C=O) groups is 1. The Morgan fingerprint density at radius 1 is 1.22 bits per heavy atom. The Kier molecular flexibility index (Phi) is 5.20. The summed E-state index contributed by atoms with van der Waals surface area (Å²) < 4.78 is 0. The van der Waals surface area contributed by atoms with Crippen molar-refractivity contribution in [1.29, 1.82) is 0 Å². The minimum atomic E-state index is -0.632. The fraction of sp³-hybridized carbons (Fsp3) is 0.933. The van der Waals surface area contributed by atoms with Gasteiger partial charge in [-0.15, -0.1) is 0 Å². The van der Waals surface area contributed by atoms with E-state index in [-0.39, 0.29) is 12.0 Å². The van der Waals surface area contributed by atoms with Crippen molar-refractivity contribution in [3.8, 4) is 0 Å². The molecule has 0 amide bonds. The predicted octanol–water partition coefficient (Wildman–Crippen LogP) is 3.46. The lowest BCUT2D eigenvalue weighted by atomic mass is 9.62. The highest BCUT2D eigenvalue weighted by Crippen LogP contribution is 2.47. The Balaban J connectivity index is 2.60. The minimum Gasteiger partial charge on any atom is -0.481 e. The number of hydrogen-bond acceptors (Lipinski definition) is 2. The second kappa shape index (κ2) is 6.05. The second-order valence-electron chi connectivity index (χ2n) is 6.91. The second-order valence-corrected chi connectivity index (χ2v) is 6.91. The Hall–Kier alpha value is -0.570. The molecular weight excluding hydrogens is 228 g/mol. The molecule has 3 nitrogen and oxygen atoms in total. The van der Waals surface area contributed by atoms with E-state index in [0.29, 0.717) is 5.92 Å².